The Kier molecular flexibility index (Phi) is 2.54. The quantitative estimate of drug-likeness (QED) is 0.764. The molecule has 1 amide bonds. The van der Waals surface area contributed by atoms with Gasteiger partial charge in [-0.3, -0.25) is 9.59 Å². The number of likely N-dealkylation sites (tertiary alicyclic amines) is 1. The van der Waals surface area contributed by atoms with E-state index in [0.29, 0.717) is 18.2 Å². The topological polar surface area (TPSA) is 37.4 Å². The van der Waals surface area contributed by atoms with Gasteiger partial charge in [-0.05, 0) is 31.4 Å². The molecule has 1 saturated heterocycles. The van der Waals surface area contributed by atoms with Crippen molar-refractivity contribution in [3.05, 3.63) is 21.9 Å². The number of carbonyl (C=O) groups excluding carboxylic acids is 2. The van der Waals surface area contributed by atoms with E-state index in [1.54, 1.807) is 0 Å². The van der Waals surface area contributed by atoms with Crippen molar-refractivity contribution in [3.8, 4) is 0 Å². The molecule has 3 rings (SSSR count). The van der Waals surface area contributed by atoms with Gasteiger partial charge in [0.1, 0.15) is 5.78 Å². The lowest BCUT2D eigenvalue weighted by Gasteiger charge is -2.15. The van der Waals surface area contributed by atoms with Crippen molar-refractivity contribution in [2.24, 2.45) is 11.8 Å². The van der Waals surface area contributed by atoms with Crippen molar-refractivity contribution in [3.63, 3.8) is 0 Å². The Bertz CT molecular complexity index is 480. The van der Waals surface area contributed by atoms with E-state index in [9.17, 15) is 9.59 Å². The van der Waals surface area contributed by atoms with Crippen molar-refractivity contribution in [1.29, 1.82) is 0 Å². The molecule has 1 aliphatic heterocycles. The van der Waals surface area contributed by atoms with Gasteiger partial charge in [-0.1, -0.05) is 0 Å². The first kappa shape index (κ1) is 11.0. The van der Waals surface area contributed by atoms with E-state index in [0.717, 1.165) is 29.1 Å². The zero-order valence-corrected chi connectivity index (χ0v) is 10.6. The molecule has 0 aromatic carbocycles. The minimum Gasteiger partial charge on any atom is -0.337 e. The van der Waals surface area contributed by atoms with Gasteiger partial charge in [0.05, 0.1) is 4.88 Å². The first-order chi connectivity index (χ1) is 8.15. The highest BCUT2D eigenvalue weighted by atomic mass is 32.1. The van der Waals surface area contributed by atoms with Crippen LogP contribution in [0.2, 0.25) is 0 Å². The summed E-state index contributed by atoms with van der Waals surface area (Å²) in [5.41, 5.74) is 0. The van der Waals surface area contributed by atoms with E-state index in [-0.39, 0.29) is 11.8 Å². The molecule has 0 radical (unpaired) electrons. The highest BCUT2D eigenvalue weighted by Crippen LogP contribution is 2.36. The van der Waals surface area contributed by atoms with Gasteiger partial charge in [0.2, 0.25) is 0 Å². The molecular weight excluding hydrogens is 234 g/mol. The average molecular weight is 249 g/mol. The predicted molar refractivity (Wildman–Crippen MR) is 66.2 cm³/mol. The number of fused-ring (bicyclic) bond motifs is 1. The van der Waals surface area contributed by atoms with Gasteiger partial charge in [0.15, 0.2) is 0 Å². The van der Waals surface area contributed by atoms with Gasteiger partial charge in [-0.25, -0.2) is 0 Å². The molecule has 2 aliphatic rings. The number of hydrogen-bond acceptors (Lipinski definition) is 3. The number of rotatable bonds is 1. The Morgan fingerprint density at radius 1 is 1.41 bits per heavy atom. The van der Waals surface area contributed by atoms with Crippen molar-refractivity contribution >= 4 is 23.0 Å². The Morgan fingerprint density at radius 3 is 2.88 bits per heavy atom. The maximum atomic E-state index is 12.2. The van der Waals surface area contributed by atoms with Crippen molar-refractivity contribution in [1.82, 2.24) is 4.90 Å². The summed E-state index contributed by atoms with van der Waals surface area (Å²) in [6.07, 6.45) is 1.69. The summed E-state index contributed by atoms with van der Waals surface area (Å²) in [5.74, 6) is 1.01. The maximum Gasteiger partial charge on any atom is 0.263 e. The molecule has 90 valence electrons. The summed E-state index contributed by atoms with van der Waals surface area (Å²) in [4.78, 5) is 27.7. The van der Waals surface area contributed by atoms with E-state index >= 15 is 0 Å². The molecule has 4 heteroatoms. The molecular formula is C13H15NO2S. The lowest BCUT2D eigenvalue weighted by molar-refractivity contribution is -0.120. The zero-order chi connectivity index (χ0) is 12.0. The van der Waals surface area contributed by atoms with Crippen molar-refractivity contribution in [2.45, 2.75) is 19.8 Å². The summed E-state index contributed by atoms with van der Waals surface area (Å²) >= 11 is 1.54. The van der Waals surface area contributed by atoms with Gasteiger partial charge in [0.25, 0.3) is 5.91 Å². The molecule has 3 nitrogen and oxygen atoms in total. The summed E-state index contributed by atoms with van der Waals surface area (Å²) in [5, 5.41) is 0. The molecule has 2 heterocycles. The van der Waals surface area contributed by atoms with Crippen LogP contribution in [-0.2, 0) is 4.79 Å². The first-order valence-corrected chi connectivity index (χ1v) is 6.85. The number of ketones is 1. The van der Waals surface area contributed by atoms with Crippen LogP contribution in [0.5, 0.6) is 0 Å². The Labute approximate surface area is 104 Å². The molecule has 1 aliphatic carbocycles. The van der Waals surface area contributed by atoms with E-state index in [1.165, 1.54) is 11.3 Å². The number of aryl methyl sites for hydroxylation is 1. The highest BCUT2D eigenvalue weighted by Gasteiger charge is 2.43. The molecule has 1 aromatic rings. The number of amides is 1. The normalized spacial score (nSPS) is 27.6. The fourth-order valence-electron chi connectivity index (χ4n) is 2.91. The van der Waals surface area contributed by atoms with Crippen LogP contribution in [0.15, 0.2) is 12.1 Å². The molecule has 0 bridgehead atoms. The lowest BCUT2D eigenvalue weighted by atomic mass is 10.0. The second-order valence-electron chi connectivity index (χ2n) is 4.99. The van der Waals surface area contributed by atoms with Crippen LogP contribution in [0, 0.1) is 18.8 Å². The predicted octanol–water partition coefficient (Wildman–Crippen LogP) is 2.11. The van der Waals surface area contributed by atoms with Gasteiger partial charge in [-0.2, -0.15) is 0 Å². The molecule has 2 fully saturated rings. The summed E-state index contributed by atoms with van der Waals surface area (Å²) in [6.45, 7) is 3.41. The minimum absolute atomic E-state index is 0.102. The van der Waals surface area contributed by atoms with Crippen LogP contribution >= 0.6 is 11.3 Å². The minimum atomic E-state index is 0.102. The SMILES string of the molecule is Cc1ccc(C(=O)N2CC3C(=O)CC[C@H]3C2)s1. The first-order valence-electron chi connectivity index (χ1n) is 6.03. The molecule has 1 saturated carbocycles. The maximum absolute atomic E-state index is 12.2. The fraction of sp³-hybridized carbons (Fsp3) is 0.538. The summed E-state index contributed by atoms with van der Waals surface area (Å²) < 4.78 is 0. The third kappa shape index (κ3) is 1.80. The van der Waals surface area contributed by atoms with E-state index in [4.69, 9.17) is 0 Å². The Balaban J connectivity index is 1.75. The second-order valence-corrected chi connectivity index (χ2v) is 6.28. The van der Waals surface area contributed by atoms with Crippen molar-refractivity contribution in [2.75, 3.05) is 13.1 Å². The summed E-state index contributed by atoms with van der Waals surface area (Å²) in [6, 6.07) is 3.86. The third-order valence-corrected chi connectivity index (χ3v) is 4.84. The molecule has 1 unspecified atom stereocenters. The van der Waals surface area contributed by atoms with Gasteiger partial charge in [0, 0.05) is 30.3 Å². The second kappa shape index (κ2) is 3.95. The highest BCUT2D eigenvalue weighted by molar-refractivity contribution is 7.13. The number of Topliss-reactive ketones (excluding diaryl/α,β-unsaturated/α-hetero) is 1. The lowest BCUT2D eigenvalue weighted by Crippen LogP contribution is -2.29. The third-order valence-electron chi connectivity index (χ3n) is 3.85. The van der Waals surface area contributed by atoms with E-state index in [2.05, 4.69) is 0 Å². The fourth-order valence-corrected chi connectivity index (χ4v) is 3.75. The molecule has 17 heavy (non-hydrogen) atoms. The monoisotopic (exact) mass is 249 g/mol. The Hall–Kier alpha value is -1.16. The zero-order valence-electron chi connectivity index (χ0n) is 9.81. The molecule has 2 atom stereocenters. The number of hydrogen-bond donors (Lipinski definition) is 0. The van der Waals surface area contributed by atoms with Crippen LogP contribution < -0.4 is 0 Å². The number of thiophene rings is 1. The van der Waals surface area contributed by atoms with Gasteiger partial charge < -0.3 is 4.90 Å². The molecule has 0 N–H and O–H groups in total. The van der Waals surface area contributed by atoms with Crippen LogP contribution in [-0.4, -0.2) is 29.7 Å². The van der Waals surface area contributed by atoms with Crippen LogP contribution in [0.25, 0.3) is 0 Å². The van der Waals surface area contributed by atoms with Crippen LogP contribution in [0.4, 0.5) is 0 Å². The summed E-state index contributed by atoms with van der Waals surface area (Å²) in [7, 11) is 0. The average Bonchev–Trinajstić information content (AvgIpc) is 2.96. The standard InChI is InChI=1S/C13H15NO2S/c1-8-2-5-12(17-8)13(16)14-6-9-3-4-11(15)10(9)7-14/h2,5,9-10H,3-4,6-7H2,1H3/t9-,10?/m0/s1. The van der Waals surface area contributed by atoms with Gasteiger partial charge in [-0.15, -0.1) is 11.3 Å². The Morgan fingerprint density at radius 2 is 2.24 bits per heavy atom. The van der Waals surface area contributed by atoms with E-state index < -0.39 is 0 Å². The van der Waals surface area contributed by atoms with Gasteiger partial charge >= 0.3 is 0 Å². The smallest absolute Gasteiger partial charge is 0.263 e. The van der Waals surface area contributed by atoms with E-state index in [1.807, 2.05) is 24.0 Å². The largest absolute Gasteiger partial charge is 0.337 e. The molecule has 1 aromatic heterocycles. The number of carbonyl (C=O) groups is 2. The van der Waals surface area contributed by atoms with Crippen LogP contribution in [0.1, 0.15) is 27.4 Å². The van der Waals surface area contributed by atoms with Crippen LogP contribution in [0.3, 0.4) is 0 Å². The van der Waals surface area contributed by atoms with Crippen molar-refractivity contribution < 1.29 is 9.59 Å². The molecule has 0 spiro atoms. The number of nitrogens with zero attached hydrogens (tertiary/aromatic N) is 1.